The lowest BCUT2D eigenvalue weighted by atomic mass is 10.3. The number of carbonyl (C=O) groups excluding carboxylic acids is 1. The lowest BCUT2D eigenvalue weighted by Crippen LogP contribution is -1.83. The van der Waals surface area contributed by atoms with Crippen molar-refractivity contribution >= 4 is 28.7 Å². The molecule has 0 fully saturated rings. The Labute approximate surface area is 85.7 Å². The fraction of sp³-hybridized carbons (Fsp3) is 0.200. The normalized spacial score (nSPS) is 11.6. The number of aryl methyl sites for hydroxylation is 2. The Morgan fingerprint density at radius 3 is 3.00 bits per heavy atom. The van der Waals surface area contributed by atoms with Gasteiger partial charge in [0.25, 0.3) is 0 Å². The fourth-order valence-corrected chi connectivity index (χ4v) is 2.29. The summed E-state index contributed by atoms with van der Waals surface area (Å²) in [6, 6.07) is 0. The van der Waals surface area contributed by atoms with Crippen molar-refractivity contribution in [2.24, 2.45) is 0 Å². The molecule has 2 aromatic rings. The molecule has 0 aliphatic rings. The molecule has 72 valence electrons. The van der Waals surface area contributed by atoms with E-state index in [1.165, 1.54) is 11.0 Å². The van der Waals surface area contributed by atoms with Crippen LogP contribution >= 0.6 is 11.3 Å². The molecule has 0 saturated carbocycles. The molecule has 0 spiro atoms. The minimum absolute atomic E-state index is 0.776. The summed E-state index contributed by atoms with van der Waals surface area (Å²) in [6.45, 7) is 3.99. The Balaban J connectivity index is 2.65. The quantitative estimate of drug-likeness (QED) is 0.557. The van der Waals surface area contributed by atoms with Crippen LogP contribution in [0.2, 0.25) is 0 Å². The van der Waals surface area contributed by atoms with E-state index in [0.717, 1.165) is 22.6 Å². The molecule has 4 heteroatoms. The van der Waals surface area contributed by atoms with Gasteiger partial charge in [0.1, 0.15) is 6.29 Å². The van der Waals surface area contributed by atoms with Gasteiger partial charge in [0, 0.05) is 11.1 Å². The second-order valence-electron chi connectivity index (χ2n) is 3.07. The Morgan fingerprint density at radius 2 is 2.29 bits per heavy atom. The average Bonchev–Trinajstić information content (AvgIpc) is 2.58. The first kappa shape index (κ1) is 9.15. The fourth-order valence-electron chi connectivity index (χ4n) is 1.41. The summed E-state index contributed by atoms with van der Waals surface area (Å²) in [4.78, 5) is 16.8. The number of hydrogen-bond acceptors (Lipinski definition) is 3. The third kappa shape index (κ3) is 1.37. The molecule has 0 radical (unpaired) electrons. The zero-order valence-corrected chi connectivity index (χ0v) is 8.84. The van der Waals surface area contributed by atoms with Crippen LogP contribution in [0, 0.1) is 13.8 Å². The standard InChI is InChI=1S/C10H10N2OS/c1-7-6-12-9(4-3-5-13)8(2)11-10(12)14-7/h3-6H,1-2H3/b4-3+. The van der Waals surface area contributed by atoms with Gasteiger partial charge in [-0.2, -0.15) is 0 Å². The summed E-state index contributed by atoms with van der Waals surface area (Å²) in [5.74, 6) is 0. The van der Waals surface area contributed by atoms with Gasteiger partial charge in [0.15, 0.2) is 4.96 Å². The number of rotatable bonds is 2. The zero-order valence-electron chi connectivity index (χ0n) is 8.02. The van der Waals surface area contributed by atoms with Crippen LogP contribution in [0.3, 0.4) is 0 Å². The highest BCUT2D eigenvalue weighted by Crippen LogP contribution is 2.21. The van der Waals surface area contributed by atoms with Crippen molar-refractivity contribution in [2.75, 3.05) is 0 Å². The van der Waals surface area contributed by atoms with E-state index in [4.69, 9.17) is 0 Å². The van der Waals surface area contributed by atoms with E-state index in [9.17, 15) is 4.79 Å². The summed E-state index contributed by atoms with van der Waals surface area (Å²) in [6.07, 6.45) is 6.08. The van der Waals surface area contributed by atoms with Gasteiger partial charge >= 0.3 is 0 Å². The third-order valence-electron chi connectivity index (χ3n) is 2.00. The summed E-state index contributed by atoms with van der Waals surface area (Å²) < 4.78 is 2.01. The van der Waals surface area contributed by atoms with Gasteiger partial charge in [-0.05, 0) is 26.0 Å². The lowest BCUT2D eigenvalue weighted by Gasteiger charge is -1.90. The largest absolute Gasteiger partial charge is 0.299 e. The number of nitrogens with zero attached hydrogens (tertiary/aromatic N) is 2. The van der Waals surface area contributed by atoms with E-state index in [1.54, 1.807) is 17.4 Å². The number of imidazole rings is 1. The molecule has 0 aromatic carbocycles. The molecule has 14 heavy (non-hydrogen) atoms. The van der Waals surface area contributed by atoms with Crippen molar-refractivity contribution in [3.8, 4) is 0 Å². The van der Waals surface area contributed by atoms with E-state index in [1.807, 2.05) is 24.4 Å². The number of allylic oxidation sites excluding steroid dienone is 1. The molecule has 0 aliphatic heterocycles. The van der Waals surface area contributed by atoms with Crippen molar-refractivity contribution < 1.29 is 4.79 Å². The molecule has 2 rings (SSSR count). The van der Waals surface area contributed by atoms with Crippen molar-refractivity contribution in [2.45, 2.75) is 13.8 Å². The SMILES string of the molecule is Cc1cn2c(/C=C/C=O)c(C)nc2s1. The van der Waals surface area contributed by atoms with Crippen LogP contribution in [0.1, 0.15) is 16.3 Å². The zero-order chi connectivity index (χ0) is 10.1. The minimum atomic E-state index is 0.776. The van der Waals surface area contributed by atoms with Crippen molar-refractivity contribution in [3.05, 3.63) is 28.5 Å². The maximum absolute atomic E-state index is 10.2. The molecule has 0 saturated heterocycles. The molecule has 0 atom stereocenters. The van der Waals surface area contributed by atoms with E-state index >= 15 is 0 Å². The number of aromatic nitrogens is 2. The maximum Gasteiger partial charge on any atom is 0.194 e. The Hall–Kier alpha value is -1.42. The van der Waals surface area contributed by atoms with Gasteiger partial charge in [0.05, 0.1) is 11.4 Å². The van der Waals surface area contributed by atoms with E-state index in [0.29, 0.717) is 0 Å². The van der Waals surface area contributed by atoms with Gasteiger partial charge < -0.3 is 0 Å². The van der Waals surface area contributed by atoms with E-state index in [2.05, 4.69) is 4.98 Å². The molecule has 0 aliphatic carbocycles. The molecule has 3 nitrogen and oxygen atoms in total. The summed E-state index contributed by atoms with van der Waals surface area (Å²) in [5.41, 5.74) is 1.94. The molecular formula is C10H10N2OS. The van der Waals surface area contributed by atoms with Crippen LogP contribution in [-0.4, -0.2) is 15.7 Å². The molecule has 0 amide bonds. The first-order valence-electron chi connectivity index (χ1n) is 4.29. The molecule has 0 N–H and O–H groups in total. The first-order valence-corrected chi connectivity index (χ1v) is 5.11. The van der Waals surface area contributed by atoms with Gasteiger partial charge in [-0.25, -0.2) is 4.98 Å². The number of aldehydes is 1. The first-order chi connectivity index (χ1) is 6.72. The van der Waals surface area contributed by atoms with Gasteiger partial charge in [0.2, 0.25) is 0 Å². The van der Waals surface area contributed by atoms with Crippen molar-refractivity contribution in [1.29, 1.82) is 0 Å². The van der Waals surface area contributed by atoms with Gasteiger partial charge in [-0.1, -0.05) is 0 Å². The van der Waals surface area contributed by atoms with Crippen molar-refractivity contribution in [1.82, 2.24) is 9.38 Å². The maximum atomic E-state index is 10.2. The summed E-state index contributed by atoms with van der Waals surface area (Å²) in [5, 5.41) is 0. The molecule has 2 heterocycles. The highest BCUT2D eigenvalue weighted by Gasteiger charge is 2.07. The number of carbonyl (C=O) groups is 1. The van der Waals surface area contributed by atoms with Crippen LogP contribution in [0.15, 0.2) is 12.3 Å². The monoisotopic (exact) mass is 206 g/mol. The lowest BCUT2D eigenvalue weighted by molar-refractivity contribution is -0.104. The average molecular weight is 206 g/mol. The second kappa shape index (κ2) is 3.38. The summed E-state index contributed by atoms with van der Waals surface area (Å²) in [7, 11) is 0. The molecular weight excluding hydrogens is 196 g/mol. The molecule has 0 bridgehead atoms. The Bertz CT molecular complexity index is 507. The van der Waals surface area contributed by atoms with E-state index < -0.39 is 0 Å². The van der Waals surface area contributed by atoms with Crippen LogP contribution in [0.5, 0.6) is 0 Å². The predicted molar refractivity (Wildman–Crippen MR) is 57.6 cm³/mol. The minimum Gasteiger partial charge on any atom is -0.299 e. The molecule has 0 unspecified atom stereocenters. The van der Waals surface area contributed by atoms with Crippen LogP contribution in [-0.2, 0) is 4.79 Å². The van der Waals surface area contributed by atoms with Crippen molar-refractivity contribution in [3.63, 3.8) is 0 Å². The predicted octanol–water partition coefficient (Wildman–Crippen LogP) is 2.22. The smallest absolute Gasteiger partial charge is 0.194 e. The van der Waals surface area contributed by atoms with E-state index in [-0.39, 0.29) is 0 Å². The highest BCUT2D eigenvalue weighted by atomic mass is 32.1. The number of hydrogen-bond donors (Lipinski definition) is 0. The third-order valence-corrected chi connectivity index (χ3v) is 2.89. The van der Waals surface area contributed by atoms with Gasteiger partial charge in [-0.15, -0.1) is 11.3 Å². The Kier molecular flexibility index (Phi) is 2.21. The highest BCUT2D eigenvalue weighted by molar-refractivity contribution is 7.17. The van der Waals surface area contributed by atoms with Gasteiger partial charge in [-0.3, -0.25) is 9.20 Å². The van der Waals surface area contributed by atoms with Crippen LogP contribution < -0.4 is 0 Å². The Morgan fingerprint density at radius 1 is 1.50 bits per heavy atom. The number of thiazole rings is 1. The topological polar surface area (TPSA) is 34.4 Å². The summed E-state index contributed by atoms with van der Waals surface area (Å²) >= 11 is 1.65. The molecule has 2 aromatic heterocycles. The number of fused-ring (bicyclic) bond motifs is 1. The second-order valence-corrected chi connectivity index (χ2v) is 4.29. The van der Waals surface area contributed by atoms with Crippen LogP contribution in [0.25, 0.3) is 11.0 Å². The van der Waals surface area contributed by atoms with Crippen LogP contribution in [0.4, 0.5) is 0 Å².